The SMILES string of the molecule is CCC(C)c1ccc(OCC(=O)Nc2ccc(Cl)cc2)c(-n2cnnc2)c1. The molecule has 1 heterocycles. The van der Waals surface area contributed by atoms with Crippen molar-refractivity contribution in [2.45, 2.75) is 26.2 Å². The topological polar surface area (TPSA) is 69.0 Å². The summed E-state index contributed by atoms with van der Waals surface area (Å²) >= 11 is 5.85. The summed E-state index contributed by atoms with van der Waals surface area (Å²) in [5.41, 5.74) is 2.66. The van der Waals surface area contributed by atoms with Crippen molar-refractivity contribution in [2.24, 2.45) is 0 Å². The molecule has 0 spiro atoms. The Kier molecular flexibility index (Phi) is 6.08. The number of carbonyl (C=O) groups is 1. The van der Waals surface area contributed by atoms with Gasteiger partial charge in [-0.15, -0.1) is 10.2 Å². The van der Waals surface area contributed by atoms with Crippen LogP contribution >= 0.6 is 11.6 Å². The first kappa shape index (κ1) is 18.9. The summed E-state index contributed by atoms with van der Waals surface area (Å²) in [6.07, 6.45) is 4.25. The van der Waals surface area contributed by atoms with Crippen molar-refractivity contribution in [1.29, 1.82) is 0 Å². The van der Waals surface area contributed by atoms with Gasteiger partial charge >= 0.3 is 0 Å². The number of rotatable bonds is 7. The van der Waals surface area contributed by atoms with Crippen LogP contribution in [0.25, 0.3) is 5.69 Å². The van der Waals surface area contributed by atoms with Gasteiger partial charge in [0.05, 0.1) is 5.69 Å². The lowest BCUT2D eigenvalue weighted by Gasteiger charge is -2.16. The van der Waals surface area contributed by atoms with Gasteiger partial charge in [0.2, 0.25) is 0 Å². The maximum absolute atomic E-state index is 12.2. The third-order valence-corrected chi connectivity index (χ3v) is 4.60. The van der Waals surface area contributed by atoms with Crippen LogP contribution in [0.1, 0.15) is 31.7 Å². The Morgan fingerprint density at radius 3 is 2.56 bits per heavy atom. The molecule has 0 radical (unpaired) electrons. The van der Waals surface area contributed by atoms with Gasteiger partial charge in [-0.1, -0.05) is 31.5 Å². The maximum atomic E-state index is 12.2. The van der Waals surface area contributed by atoms with Gasteiger partial charge in [-0.25, -0.2) is 0 Å². The highest BCUT2D eigenvalue weighted by molar-refractivity contribution is 6.30. The summed E-state index contributed by atoms with van der Waals surface area (Å²) in [4.78, 5) is 12.2. The molecule has 140 valence electrons. The molecule has 1 N–H and O–H groups in total. The summed E-state index contributed by atoms with van der Waals surface area (Å²) in [5, 5.41) is 11.1. The van der Waals surface area contributed by atoms with Crippen LogP contribution in [0.4, 0.5) is 5.69 Å². The molecular formula is C20H21ClN4O2. The van der Waals surface area contributed by atoms with Crippen molar-refractivity contribution in [1.82, 2.24) is 14.8 Å². The number of hydrogen-bond donors (Lipinski definition) is 1. The summed E-state index contributed by atoms with van der Waals surface area (Å²) in [5.74, 6) is 0.758. The second-order valence-electron chi connectivity index (χ2n) is 6.25. The normalized spacial score (nSPS) is 11.8. The predicted molar refractivity (Wildman–Crippen MR) is 106 cm³/mol. The zero-order valence-electron chi connectivity index (χ0n) is 15.2. The van der Waals surface area contributed by atoms with Crippen LogP contribution in [-0.2, 0) is 4.79 Å². The van der Waals surface area contributed by atoms with Crippen LogP contribution in [0.2, 0.25) is 5.02 Å². The van der Waals surface area contributed by atoms with Gasteiger partial charge in [-0.3, -0.25) is 9.36 Å². The van der Waals surface area contributed by atoms with Crippen LogP contribution in [0.15, 0.2) is 55.1 Å². The van der Waals surface area contributed by atoms with Crippen LogP contribution < -0.4 is 10.1 Å². The minimum atomic E-state index is -0.252. The number of halogens is 1. The Morgan fingerprint density at radius 2 is 1.89 bits per heavy atom. The van der Waals surface area contributed by atoms with Crippen molar-refractivity contribution in [3.8, 4) is 11.4 Å². The smallest absolute Gasteiger partial charge is 0.262 e. The van der Waals surface area contributed by atoms with Crippen LogP contribution in [0.3, 0.4) is 0 Å². The molecule has 7 heteroatoms. The Morgan fingerprint density at radius 1 is 1.19 bits per heavy atom. The fourth-order valence-corrected chi connectivity index (χ4v) is 2.73. The molecule has 0 fully saturated rings. The molecular weight excluding hydrogens is 364 g/mol. The lowest BCUT2D eigenvalue weighted by Crippen LogP contribution is -2.20. The van der Waals surface area contributed by atoms with Crippen molar-refractivity contribution in [3.63, 3.8) is 0 Å². The van der Waals surface area contributed by atoms with E-state index in [2.05, 4.69) is 29.4 Å². The fourth-order valence-electron chi connectivity index (χ4n) is 2.60. The molecule has 1 amide bonds. The number of nitrogens with zero attached hydrogens (tertiary/aromatic N) is 3. The van der Waals surface area contributed by atoms with E-state index >= 15 is 0 Å². The average molecular weight is 385 g/mol. The van der Waals surface area contributed by atoms with Gasteiger partial charge in [-0.2, -0.15) is 0 Å². The number of carbonyl (C=O) groups excluding carboxylic acids is 1. The summed E-state index contributed by atoms with van der Waals surface area (Å²) in [6.45, 7) is 4.21. The standard InChI is InChI=1S/C20H21ClN4O2/c1-3-14(2)15-4-9-19(18(10-15)25-12-22-23-13-25)27-11-20(26)24-17-7-5-16(21)6-8-17/h4-10,12-14H,3,11H2,1-2H3,(H,24,26). The Bertz CT molecular complexity index is 895. The van der Waals surface area contributed by atoms with E-state index < -0.39 is 0 Å². The highest BCUT2D eigenvalue weighted by Gasteiger charge is 2.12. The number of anilines is 1. The minimum Gasteiger partial charge on any atom is -0.482 e. The number of nitrogens with one attached hydrogen (secondary N) is 1. The van der Waals surface area contributed by atoms with Crippen molar-refractivity contribution < 1.29 is 9.53 Å². The third kappa shape index (κ3) is 4.86. The van der Waals surface area contributed by atoms with E-state index in [1.165, 1.54) is 5.56 Å². The second-order valence-corrected chi connectivity index (χ2v) is 6.69. The maximum Gasteiger partial charge on any atom is 0.262 e. The molecule has 0 bridgehead atoms. The molecule has 1 aromatic heterocycles. The van der Waals surface area contributed by atoms with E-state index in [-0.39, 0.29) is 12.5 Å². The van der Waals surface area contributed by atoms with Gasteiger partial charge in [0, 0.05) is 10.7 Å². The van der Waals surface area contributed by atoms with Crippen molar-refractivity contribution in [2.75, 3.05) is 11.9 Å². The molecule has 3 aromatic rings. The number of amides is 1. The van der Waals surface area contributed by atoms with Crippen LogP contribution in [0, 0.1) is 0 Å². The van der Waals surface area contributed by atoms with E-state index in [9.17, 15) is 4.79 Å². The fraction of sp³-hybridized carbons (Fsp3) is 0.250. The highest BCUT2D eigenvalue weighted by atomic mass is 35.5. The number of hydrogen-bond acceptors (Lipinski definition) is 4. The zero-order chi connectivity index (χ0) is 19.2. The molecule has 0 aliphatic carbocycles. The largest absolute Gasteiger partial charge is 0.482 e. The summed E-state index contributed by atoms with van der Waals surface area (Å²) < 4.78 is 7.55. The number of benzene rings is 2. The number of ether oxygens (including phenoxy) is 1. The summed E-state index contributed by atoms with van der Waals surface area (Å²) in [7, 11) is 0. The first-order valence-corrected chi connectivity index (χ1v) is 9.11. The molecule has 0 saturated heterocycles. The van der Waals surface area contributed by atoms with Crippen molar-refractivity contribution >= 4 is 23.2 Å². The summed E-state index contributed by atoms with van der Waals surface area (Å²) in [6, 6.07) is 12.9. The average Bonchev–Trinajstić information content (AvgIpc) is 3.22. The monoisotopic (exact) mass is 384 g/mol. The van der Waals surface area contributed by atoms with E-state index in [0.29, 0.717) is 22.4 Å². The lowest BCUT2D eigenvalue weighted by atomic mass is 9.98. The zero-order valence-corrected chi connectivity index (χ0v) is 16.0. The molecule has 3 rings (SSSR count). The molecule has 6 nitrogen and oxygen atoms in total. The van der Waals surface area contributed by atoms with Gasteiger partial charge in [0.15, 0.2) is 6.61 Å². The Balaban J connectivity index is 1.73. The first-order chi connectivity index (χ1) is 13.1. The first-order valence-electron chi connectivity index (χ1n) is 8.74. The molecule has 0 aliphatic rings. The van der Waals surface area contributed by atoms with E-state index in [0.717, 1.165) is 12.1 Å². The van der Waals surface area contributed by atoms with Gasteiger partial charge in [0.1, 0.15) is 18.4 Å². The third-order valence-electron chi connectivity index (χ3n) is 4.35. The lowest BCUT2D eigenvalue weighted by molar-refractivity contribution is -0.118. The minimum absolute atomic E-state index is 0.111. The van der Waals surface area contributed by atoms with Gasteiger partial charge in [0.25, 0.3) is 5.91 Å². The second kappa shape index (κ2) is 8.68. The Hall–Kier alpha value is -2.86. The van der Waals surface area contributed by atoms with E-state index in [1.54, 1.807) is 41.5 Å². The Labute approximate surface area is 163 Å². The molecule has 0 aliphatic heterocycles. The van der Waals surface area contributed by atoms with E-state index in [1.807, 2.05) is 18.2 Å². The van der Waals surface area contributed by atoms with Gasteiger partial charge in [-0.05, 0) is 54.3 Å². The molecule has 1 unspecified atom stereocenters. The highest BCUT2D eigenvalue weighted by Crippen LogP contribution is 2.28. The van der Waals surface area contributed by atoms with Crippen molar-refractivity contribution in [3.05, 3.63) is 65.7 Å². The quantitative estimate of drug-likeness (QED) is 0.653. The predicted octanol–water partition coefficient (Wildman–Crippen LogP) is 4.45. The van der Waals surface area contributed by atoms with E-state index in [4.69, 9.17) is 16.3 Å². The van der Waals surface area contributed by atoms with Gasteiger partial charge < -0.3 is 10.1 Å². The molecule has 2 aromatic carbocycles. The molecule has 0 saturated carbocycles. The molecule has 27 heavy (non-hydrogen) atoms. The van der Waals surface area contributed by atoms with Crippen LogP contribution in [-0.4, -0.2) is 27.3 Å². The van der Waals surface area contributed by atoms with Crippen LogP contribution in [0.5, 0.6) is 5.75 Å². The number of aromatic nitrogens is 3. The molecule has 1 atom stereocenters.